The number of hydrogen-bond donors (Lipinski definition) is 1. The first kappa shape index (κ1) is 21.9. The van der Waals surface area contributed by atoms with E-state index in [0.29, 0.717) is 0 Å². The van der Waals surface area contributed by atoms with E-state index in [2.05, 4.69) is 5.32 Å². The van der Waals surface area contributed by atoms with Crippen molar-refractivity contribution in [1.29, 1.82) is 0 Å². The van der Waals surface area contributed by atoms with Gasteiger partial charge >= 0.3 is 0 Å². The zero-order chi connectivity index (χ0) is 20.9. The Morgan fingerprint density at radius 1 is 1.11 bits per heavy atom. The van der Waals surface area contributed by atoms with Crippen LogP contribution >= 0.6 is 0 Å². The van der Waals surface area contributed by atoms with Gasteiger partial charge in [-0.25, -0.2) is 8.42 Å². The Kier molecular flexibility index (Phi) is 7.21. The van der Waals surface area contributed by atoms with Gasteiger partial charge < -0.3 is 10.1 Å². The minimum absolute atomic E-state index is 0.0294. The van der Waals surface area contributed by atoms with Crippen LogP contribution in [0.1, 0.15) is 36.7 Å². The summed E-state index contributed by atoms with van der Waals surface area (Å²) in [4.78, 5) is 12.5. The van der Waals surface area contributed by atoms with Gasteiger partial charge in [0.15, 0.2) is 0 Å². The summed E-state index contributed by atoms with van der Waals surface area (Å²) >= 11 is 0. The quantitative estimate of drug-likeness (QED) is 0.733. The van der Waals surface area contributed by atoms with Gasteiger partial charge in [0.2, 0.25) is 10.0 Å². The van der Waals surface area contributed by atoms with E-state index in [1.165, 1.54) is 30.6 Å². The highest BCUT2D eigenvalue weighted by Crippen LogP contribution is 2.28. The summed E-state index contributed by atoms with van der Waals surface area (Å²) in [5.74, 6) is 0.154. The maximum Gasteiger partial charge on any atom is 0.251 e. The zero-order valence-electron chi connectivity index (χ0n) is 17.0. The molecular formula is C21H28N2O4S. The van der Waals surface area contributed by atoms with Gasteiger partial charge in [-0.05, 0) is 36.6 Å². The molecule has 2 aromatic rings. The molecule has 152 valence electrons. The third-order valence-electron chi connectivity index (χ3n) is 4.72. The van der Waals surface area contributed by atoms with E-state index in [9.17, 15) is 13.2 Å². The fraction of sp³-hybridized carbons (Fsp3) is 0.381. The summed E-state index contributed by atoms with van der Waals surface area (Å²) in [5, 5.41) is 2.89. The second kappa shape index (κ2) is 9.21. The molecule has 1 N–H and O–H groups in total. The van der Waals surface area contributed by atoms with Crippen LogP contribution in [0.4, 0.5) is 0 Å². The smallest absolute Gasteiger partial charge is 0.251 e. The predicted octanol–water partition coefficient (Wildman–Crippen LogP) is 3.29. The monoisotopic (exact) mass is 404 g/mol. The fourth-order valence-corrected chi connectivity index (χ4v) is 3.91. The van der Waals surface area contributed by atoms with Crippen molar-refractivity contribution in [3.05, 3.63) is 59.7 Å². The van der Waals surface area contributed by atoms with Crippen LogP contribution in [0.25, 0.3) is 0 Å². The van der Waals surface area contributed by atoms with E-state index in [-0.39, 0.29) is 40.6 Å². The molecule has 0 saturated carbocycles. The van der Waals surface area contributed by atoms with E-state index in [1.807, 2.05) is 51.1 Å². The predicted molar refractivity (Wildman–Crippen MR) is 110 cm³/mol. The molecule has 0 spiro atoms. The lowest BCUT2D eigenvalue weighted by atomic mass is 10.1. The fourth-order valence-electron chi connectivity index (χ4n) is 2.57. The Morgan fingerprint density at radius 2 is 1.75 bits per heavy atom. The minimum atomic E-state index is -3.85. The van der Waals surface area contributed by atoms with E-state index in [0.717, 1.165) is 5.56 Å². The summed E-state index contributed by atoms with van der Waals surface area (Å²) in [6.07, 6.45) is 0. The Bertz CT molecular complexity index is 911. The van der Waals surface area contributed by atoms with Gasteiger partial charge in [0.25, 0.3) is 5.91 Å². The molecule has 1 atom stereocenters. The van der Waals surface area contributed by atoms with Crippen molar-refractivity contribution in [3.8, 4) is 5.75 Å². The number of sulfonamides is 1. The molecule has 0 aliphatic carbocycles. The second-order valence-electron chi connectivity index (χ2n) is 7.12. The van der Waals surface area contributed by atoms with Crippen LogP contribution in [0.5, 0.6) is 5.75 Å². The molecule has 28 heavy (non-hydrogen) atoms. The number of ether oxygens (including phenoxy) is 1. The first-order valence-electron chi connectivity index (χ1n) is 9.16. The molecule has 0 aliphatic heterocycles. The maximum atomic E-state index is 13.1. The number of methoxy groups -OCH3 is 1. The van der Waals surface area contributed by atoms with Gasteiger partial charge in [0.05, 0.1) is 7.11 Å². The Labute approximate surface area is 167 Å². The average Bonchev–Trinajstić information content (AvgIpc) is 2.67. The molecule has 0 radical (unpaired) electrons. The van der Waals surface area contributed by atoms with Crippen LogP contribution in [-0.4, -0.2) is 38.8 Å². The van der Waals surface area contributed by atoms with Crippen LogP contribution in [0, 0.1) is 5.92 Å². The van der Waals surface area contributed by atoms with Crippen molar-refractivity contribution in [2.45, 2.75) is 38.3 Å². The first-order chi connectivity index (χ1) is 13.2. The van der Waals surface area contributed by atoms with Gasteiger partial charge in [0, 0.05) is 25.2 Å². The molecule has 1 unspecified atom stereocenters. The molecular weight excluding hydrogens is 376 g/mol. The molecule has 0 fully saturated rings. The van der Waals surface area contributed by atoms with Crippen molar-refractivity contribution in [3.63, 3.8) is 0 Å². The third kappa shape index (κ3) is 5.11. The SMILES string of the molecule is COc1ccc(C(=O)NC(C)C(C)C)cc1S(=O)(=O)N(C)Cc1ccccc1. The van der Waals surface area contributed by atoms with Crippen LogP contribution in [-0.2, 0) is 16.6 Å². The van der Waals surface area contributed by atoms with Gasteiger partial charge in [-0.2, -0.15) is 4.31 Å². The highest BCUT2D eigenvalue weighted by molar-refractivity contribution is 7.89. The van der Waals surface area contributed by atoms with Crippen molar-refractivity contribution < 1.29 is 17.9 Å². The average molecular weight is 405 g/mol. The molecule has 7 heteroatoms. The van der Waals surface area contributed by atoms with Crippen molar-refractivity contribution >= 4 is 15.9 Å². The minimum Gasteiger partial charge on any atom is -0.495 e. The molecule has 1 amide bonds. The Morgan fingerprint density at radius 3 is 2.32 bits per heavy atom. The van der Waals surface area contributed by atoms with Crippen molar-refractivity contribution in [1.82, 2.24) is 9.62 Å². The van der Waals surface area contributed by atoms with E-state index >= 15 is 0 Å². The zero-order valence-corrected chi connectivity index (χ0v) is 17.8. The molecule has 2 aromatic carbocycles. The number of carbonyl (C=O) groups excluding carboxylic acids is 1. The van der Waals surface area contributed by atoms with Crippen LogP contribution < -0.4 is 10.1 Å². The number of nitrogens with one attached hydrogen (secondary N) is 1. The third-order valence-corrected chi connectivity index (χ3v) is 6.55. The molecule has 2 rings (SSSR count). The molecule has 0 bridgehead atoms. The largest absolute Gasteiger partial charge is 0.495 e. The summed E-state index contributed by atoms with van der Waals surface area (Å²) in [5.41, 5.74) is 1.15. The van der Waals surface area contributed by atoms with Crippen molar-refractivity contribution in [2.75, 3.05) is 14.2 Å². The van der Waals surface area contributed by atoms with Crippen LogP contribution in [0.15, 0.2) is 53.4 Å². The molecule has 0 aliphatic rings. The van der Waals surface area contributed by atoms with Gasteiger partial charge in [-0.1, -0.05) is 44.2 Å². The Hall–Kier alpha value is -2.38. The lowest BCUT2D eigenvalue weighted by molar-refractivity contribution is 0.0930. The normalized spacial score (nSPS) is 12.8. The number of amides is 1. The summed E-state index contributed by atoms with van der Waals surface area (Å²) in [6, 6.07) is 13.7. The topological polar surface area (TPSA) is 75.7 Å². The number of benzene rings is 2. The van der Waals surface area contributed by atoms with Crippen LogP contribution in [0.2, 0.25) is 0 Å². The van der Waals surface area contributed by atoms with Gasteiger partial charge in [0.1, 0.15) is 10.6 Å². The first-order valence-corrected chi connectivity index (χ1v) is 10.6. The van der Waals surface area contributed by atoms with Gasteiger partial charge in [-0.3, -0.25) is 4.79 Å². The summed E-state index contributed by atoms with van der Waals surface area (Å²) in [7, 11) is -0.934. The highest BCUT2D eigenvalue weighted by Gasteiger charge is 2.26. The van der Waals surface area contributed by atoms with Crippen molar-refractivity contribution in [2.24, 2.45) is 5.92 Å². The molecule has 6 nitrogen and oxygen atoms in total. The number of nitrogens with zero attached hydrogens (tertiary/aromatic N) is 1. The number of rotatable bonds is 8. The number of carbonyl (C=O) groups is 1. The standard InChI is InChI=1S/C21H28N2O4S/c1-15(2)16(3)22-21(24)18-11-12-19(27-5)20(13-18)28(25,26)23(4)14-17-9-7-6-8-10-17/h6-13,15-16H,14H2,1-5H3,(H,22,24). The molecule has 0 saturated heterocycles. The molecule has 0 aromatic heterocycles. The summed E-state index contributed by atoms with van der Waals surface area (Å²) in [6.45, 7) is 6.14. The van der Waals surface area contributed by atoms with E-state index < -0.39 is 10.0 Å². The van der Waals surface area contributed by atoms with Gasteiger partial charge in [-0.15, -0.1) is 0 Å². The van der Waals surface area contributed by atoms with Crippen LogP contribution in [0.3, 0.4) is 0 Å². The maximum absolute atomic E-state index is 13.1. The highest BCUT2D eigenvalue weighted by atomic mass is 32.2. The van der Waals surface area contributed by atoms with E-state index in [4.69, 9.17) is 4.74 Å². The summed E-state index contributed by atoms with van der Waals surface area (Å²) < 4.78 is 32.8. The molecule has 0 heterocycles. The van der Waals surface area contributed by atoms with E-state index in [1.54, 1.807) is 6.07 Å². The lowest BCUT2D eigenvalue weighted by Crippen LogP contribution is -2.36. The number of hydrogen-bond acceptors (Lipinski definition) is 4. The lowest BCUT2D eigenvalue weighted by Gasteiger charge is -2.20. The second-order valence-corrected chi connectivity index (χ2v) is 9.13. The Balaban J connectivity index is 2.35.